The van der Waals surface area contributed by atoms with Gasteiger partial charge >= 0.3 is 0 Å². The zero-order valence-electron chi connectivity index (χ0n) is 23.2. The van der Waals surface area contributed by atoms with Gasteiger partial charge in [-0.3, -0.25) is 19.3 Å². The molecule has 3 heterocycles. The Kier molecular flexibility index (Phi) is 8.59. The summed E-state index contributed by atoms with van der Waals surface area (Å²) in [6.07, 6.45) is 2.48. The van der Waals surface area contributed by atoms with E-state index < -0.39 is 17.5 Å². The number of nitrogens with zero attached hydrogens (tertiary/aromatic N) is 3. The molecule has 8 heteroatoms. The first kappa shape index (κ1) is 27.6. The number of hydrogen-bond acceptors (Lipinski definition) is 6. The fourth-order valence-corrected chi connectivity index (χ4v) is 5.89. The van der Waals surface area contributed by atoms with Crippen molar-refractivity contribution in [1.82, 2.24) is 15.1 Å². The topological polar surface area (TPSA) is 82.2 Å². The molecule has 3 saturated heterocycles. The average Bonchev–Trinajstić information content (AvgIpc) is 3.47. The molecule has 0 unspecified atom stereocenters. The van der Waals surface area contributed by atoms with Crippen LogP contribution in [0.5, 0.6) is 0 Å². The molecule has 0 saturated carbocycles. The van der Waals surface area contributed by atoms with Crippen LogP contribution in [-0.4, -0.2) is 91.5 Å². The molecule has 3 aliphatic rings. The molecule has 0 radical (unpaired) electrons. The van der Waals surface area contributed by atoms with Crippen LogP contribution in [-0.2, 0) is 14.3 Å². The number of hydrogen-bond donors (Lipinski definition) is 1. The number of likely N-dealkylation sites (tertiary alicyclic amines) is 1. The van der Waals surface area contributed by atoms with Gasteiger partial charge in [-0.25, -0.2) is 0 Å². The summed E-state index contributed by atoms with van der Waals surface area (Å²) in [4.78, 5) is 46.4. The minimum Gasteiger partial charge on any atom is -0.369 e. The summed E-state index contributed by atoms with van der Waals surface area (Å²) in [6.45, 7) is 16.0. The normalized spacial score (nSPS) is 25.3. The van der Waals surface area contributed by atoms with Crippen LogP contribution in [0, 0.1) is 11.3 Å². The van der Waals surface area contributed by atoms with Gasteiger partial charge in [0.05, 0.1) is 6.10 Å². The molecule has 204 valence electrons. The summed E-state index contributed by atoms with van der Waals surface area (Å²) in [5.74, 6) is -0.361. The molecule has 0 bridgehead atoms. The molecule has 3 fully saturated rings. The number of ether oxygens (including phenoxy) is 1. The van der Waals surface area contributed by atoms with E-state index in [1.807, 2.05) is 45.0 Å². The molecule has 1 N–H and O–H groups in total. The average molecular weight is 513 g/mol. The standard InChI is InChI=1S/C29H44N4O4/c1-6-13-31-14-16-32(17-15-31)22-11-9-21(10-12-22)27(35)30-26(29(4,5)8-3)28(36)33-18-20(7-2)25-24(33)23(34)19-37-25/h9-12,20,24-26H,6-8,13-19H2,1-5H3,(H,30,35)/t20-,24-,25-,26-/m1/s1. The number of carbonyl (C=O) groups excluding carboxylic acids is 3. The summed E-state index contributed by atoms with van der Waals surface area (Å²) in [5.41, 5.74) is 1.17. The van der Waals surface area contributed by atoms with Gasteiger partial charge in [0.1, 0.15) is 18.7 Å². The number of Topliss-reactive ketones (excluding diaryl/α,β-unsaturated/α-hetero) is 1. The summed E-state index contributed by atoms with van der Waals surface area (Å²) in [5, 5.41) is 3.05. The van der Waals surface area contributed by atoms with E-state index >= 15 is 0 Å². The van der Waals surface area contributed by atoms with Gasteiger partial charge in [-0.1, -0.05) is 34.6 Å². The lowest BCUT2D eigenvalue weighted by Crippen LogP contribution is -2.57. The van der Waals surface area contributed by atoms with Crippen molar-refractivity contribution in [1.29, 1.82) is 0 Å². The fraction of sp³-hybridized carbons (Fsp3) is 0.690. The van der Waals surface area contributed by atoms with Crippen LogP contribution in [0.3, 0.4) is 0 Å². The number of amides is 2. The Bertz CT molecular complexity index is 971. The van der Waals surface area contributed by atoms with Crippen LogP contribution in [0.15, 0.2) is 24.3 Å². The molecule has 4 rings (SSSR count). The molecule has 4 atom stereocenters. The third-order valence-corrected chi connectivity index (χ3v) is 8.72. The summed E-state index contributed by atoms with van der Waals surface area (Å²) in [7, 11) is 0. The molecule has 0 aromatic heterocycles. The molecule has 3 aliphatic heterocycles. The third-order valence-electron chi connectivity index (χ3n) is 8.72. The van der Waals surface area contributed by atoms with Crippen molar-refractivity contribution < 1.29 is 19.1 Å². The predicted molar refractivity (Wildman–Crippen MR) is 145 cm³/mol. The van der Waals surface area contributed by atoms with Gasteiger partial charge in [0.2, 0.25) is 5.91 Å². The van der Waals surface area contributed by atoms with Crippen LogP contribution in [0.1, 0.15) is 64.2 Å². The van der Waals surface area contributed by atoms with Gasteiger partial charge in [-0.05, 0) is 55.5 Å². The summed E-state index contributed by atoms with van der Waals surface area (Å²) >= 11 is 0. The monoisotopic (exact) mass is 512 g/mol. The van der Waals surface area contributed by atoms with E-state index in [2.05, 4.69) is 29.0 Å². The minimum atomic E-state index is -0.735. The Morgan fingerprint density at radius 1 is 1.08 bits per heavy atom. The van der Waals surface area contributed by atoms with E-state index in [4.69, 9.17) is 4.74 Å². The highest BCUT2D eigenvalue weighted by molar-refractivity contribution is 5.99. The van der Waals surface area contributed by atoms with E-state index in [1.54, 1.807) is 4.90 Å². The minimum absolute atomic E-state index is 0.0419. The number of rotatable bonds is 9. The van der Waals surface area contributed by atoms with Crippen LogP contribution in [0.25, 0.3) is 0 Å². The van der Waals surface area contributed by atoms with Crippen molar-refractivity contribution >= 4 is 23.3 Å². The lowest BCUT2D eigenvalue weighted by Gasteiger charge is -2.37. The molecule has 0 spiro atoms. The maximum Gasteiger partial charge on any atom is 0.251 e. The number of anilines is 1. The zero-order valence-corrected chi connectivity index (χ0v) is 23.2. The first-order valence-corrected chi connectivity index (χ1v) is 14.0. The molecule has 2 amide bonds. The number of fused-ring (bicyclic) bond motifs is 1. The Morgan fingerprint density at radius 2 is 1.76 bits per heavy atom. The van der Waals surface area contributed by atoms with E-state index in [0.29, 0.717) is 18.5 Å². The first-order valence-electron chi connectivity index (χ1n) is 14.0. The number of carbonyl (C=O) groups is 3. The number of benzene rings is 1. The lowest BCUT2D eigenvalue weighted by atomic mass is 9.80. The number of nitrogens with one attached hydrogen (secondary N) is 1. The van der Waals surface area contributed by atoms with Crippen molar-refractivity contribution in [3.8, 4) is 0 Å². The highest BCUT2D eigenvalue weighted by Gasteiger charge is 2.53. The van der Waals surface area contributed by atoms with E-state index in [9.17, 15) is 14.4 Å². The molecular formula is C29H44N4O4. The van der Waals surface area contributed by atoms with Gasteiger partial charge in [0, 0.05) is 49.9 Å². The molecule has 1 aromatic carbocycles. The van der Waals surface area contributed by atoms with Crippen LogP contribution < -0.4 is 10.2 Å². The SMILES string of the molecule is CCCN1CCN(c2ccc(C(=O)N[C@H](C(=O)N3C[C@@H](CC)[C@H]4OCC(=O)[C@H]43)C(C)(C)CC)cc2)CC1. The van der Waals surface area contributed by atoms with E-state index in [1.165, 1.54) is 6.42 Å². The van der Waals surface area contributed by atoms with Gasteiger partial charge in [-0.2, -0.15) is 0 Å². The second-order valence-corrected chi connectivity index (χ2v) is 11.5. The maximum absolute atomic E-state index is 13.9. The van der Waals surface area contributed by atoms with Crippen LogP contribution >= 0.6 is 0 Å². The molecule has 0 aliphatic carbocycles. The highest BCUT2D eigenvalue weighted by Crippen LogP contribution is 2.36. The Balaban J connectivity index is 1.46. The van der Waals surface area contributed by atoms with E-state index in [0.717, 1.165) is 44.8 Å². The molecular weight excluding hydrogens is 468 g/mol. The van der Waals surface area contributed by atoms with Gasteiger partial charge in [0.15, 0.2) is 5.78 Å². The number of ketones is 1. The maximum atomic E-state index is 13.9. The van der Waals surface area contributed by atoms with Gasteiger partial charge < -0.3 is 19.9 Å². The quantitative estimate of drug-likeness (QED) is 0.548. The molecule has 8 nitrogen and oxygen atoms in total. The predicted octanol–water partition coefficient (Wildman–Crippen LogP) is 2.96. The number of piperazine rings is 1. The van der Waals surface area contributed by atoms with Crippen LogP contribution in [0.4, 0.5) is 5.69 Å². The third kappa shape index (κ3) is 5.70. The van der Waals surface area contributed by atoms with Gasteiger partial charge in [0.25, 0.3) is 5.91 Å². The van der Waals surface area contributed by atoms with Crippen molar-refractivity contribution in [3.05, 3.63) is 29.8 Å². The molecule has 37 heavy (non-hydrogen) atoms. The first-order chi connectivity index (χ1) is 17.7. The second-order valence-electron chi connectivity index (χ2n) is 11.5. The lowest BCUT2D eigenvalue weighted by molar-refractivity contribution is -0.140. The Labute approximate surface area is 221 Å². The van der Waals surface area contributed by atoms with E-state index in [-0.39, 0.29) is 36.2 Å². The van der Waals surface area contributed by atoms with Crippen molar-refractivity contribution in [3.63, 3.8) is 0 Å². The zero-order chi connectivity index (χ0) is 26.7. The van der Waals surface area contributed by atoms with Crippen molar-refractivity contribution in [2.45, 2.75) is 72.1 Å². The van der Waals surface area contributed by atoms with Crippen LogP contribution in [0.2, 0.25) is 0 Å². The highest BCUT2D eigenvalue weighted by atomic mass is 16.5. The second kappa shape index (κ2) is 11.5. The largest absolute Gasteiger partial charge is 0.369 e. The van der Waals surface area contributed by atoms with Crippen molar-refractivity contribution in [2.24, 2.45) is 11.3 Å². The van der Waals surface area contributed by atoms with Crippen molar-refractivity contribution in [2.75, 3.05) is 50.8 Å². The molecule has 1 aromatic rings. The smallest absolute Gasteiger partial charge is 0.251 e. The summed E-state index contributed by atoms with van der Waals surface area (Å²) in [6, 6.07) is 6.41. The Hall–Kier alpha value is -2.45. The fourth-order valence-electron chi connectivity index (χ4n) is 5.89. The Morgan fingerprint density at radius 3 is 2.35 bits per heavy atom. The van der Waals surface area contributed by atoms with Gasteiger partial charge in [-0.15, -0.1) is 0 Å². The summed E-state index contributed by atoms with van der Waals surface area (Å²) < 4.78 is 5.76.